The van der Waals surface area contributed by atoms with E-state index in [1.165, 1.54) is 0 Å². The summed E-state index contributed by atoms with van der Waals surface area (Å²) in [5, 5.41) is 22.0. The van der Waals surface area contributed by atoms with Crippen LogP contribution in [0.3, 0.4) is 0 Å². The lowest BCUT2D eigenvalue weighted by Gasteiger charge is -2.35. The Morgan fingerprint density at radius 3 is 2.79 bits per heavy atom. The minimum absolute atomic E-state index is 0.0675. The molecular weight excluding hydrogens is 310 g/mol. The molecule has 3 rings (SSSR count). The van der Waals surface area contributed by atoms with Gasteiger partial charge in [0.2, 0.25) is 0 Å². The van der Waals surface area contributed by atoms with Gasteiger partial charge in [-0.05, 0) is 31.0 Å². The number of amides is 3. The monoisotopic (exact) mass is 333 g/mol. The fourth-order valence-corrected chi connectivity index (χ4v) is 3.29. The van der Waals surface area contributed by atoms with E-state index in [-0.39, 0.29) is 31.0 Å². The summed E-state index contributed by atoms with van der Waals surface area (Å²) in [6, 6.07) is 5.18. The van der Waals surface area contributed by atoms with Crippen molar-refractivity contribution in [1.82, 2.24) is 10.2 Å². The van der Waals surface area contributed by atoms with Gasteiger partial charge < -0.3 is 20.4 Å². The normalized spacial score (nSPS) is 24.2. The molecule has 2 fully saturated rings. The average molecular weight is 333 g/mol. The summed E-state index contributed by atoms with van der Waals surface area (Å²) in [5.74, 6) is -0.331. The first-order chi connectivity index (χ1) is 11.5. The van der Waals surface area contributed by atoms with E-state index < -0.39 is 6.10 Å². The van der Waals surface area contributed by atoms with Crippen LogP contribution in [-0.4, -0.2) is 65.9 Å². The van der Waals surface area contributed by atoms with Crippen molar-refractivity contribution >= 4 is 17.6 Å². The van der Waals surface area contributed by atoms with Gasteiger partial charge in [0, 0.05) is 50.0 Å². The molecule has 7 nitrogen and oxygen atoms in total. The number of aryl methyl sites for hydroxylation is 1. The van der Waals surface area contributed by atoms with Crippen LogP contribution in [0.1, 0.15) is 22.3 Å². The molecule has 7 heteroatoms. The van der Waals surface area contributed by atoms with Gasteiger partial charge >= 0.3 is 6.03 Å². The molecule has 24 heavy (non-hydrogen) atoms. The van der Waals surface area contributed by atoms with E-state index in [1.807, 2.05) is 13.0 Å². The molecule has 1 aromatic carbocycles. The number of nitrogens with zero attached hydrogens (tertiary/aromatic N) is 2. The highest BCUT2D eigenvalue weighted by Gasteiger charge is 2.31. The van der Waals surface area contributed by atoms with Gasteiger partial charge in [0.1, 0.15) is 0 Å². The molecule has 0 unspecified atom stereocenters. The van der Waals surface area contributed by atoms with Crippen LogP contribution in [0.4, 0.5) is 10.5 Å². The summed E-state index contributed by atoms with van der Waals surface area (Å²) in [6.07, 6.45) is -0.126. The van der Waals surface area contributed by atoms with Crippen LogP contribution in [-0.2, 0) is 0 Å². The molecule has 0 saturated carbocycles. The van der Waals surface area contributed by atoms with Crippen molar-refractivity contribution in [2.24, 2.45) is 5.92 Å². The van der Waals surface area contributed by atoms with Crippen molar-refractivity contribution in [1.29, 1.82) is 0 Å². The largest absolute Gasteiger partial charge is 0.396 e. The molecule has 2 saturated heterocycles. The van der Waals surface area contributed by atoms with Gasteiger partial charge in [-0.1, -0.05) is 6.07 Å². The number of carbonyl (C=O) groups is 2. The fraction of sp³-hybridized carbons (Fsp3) is 0.529. The smallest absolute Gasteiger partial charge is 0.322 e. The Morgan fingerprint density at radius 2 is 2.17 bits per heavy atom. The van der Waals surface area contributed by atoms with Crippen molar-refractivity contribution in [2.75, 3.05) is 37.7 Å². The van der Waals surface area contributed by atoms with E-state index in [9.17, 15) is 19.8 Å². The second kappa shape index (κ2) is 6.78. The van der Waals surface area contributed by atoms with Gasteiger partial charge in [-0.15, -0.1) is 0 Å². The second-order valence-corrected chi connectivity index (χ2v) is 6.43. The van der Waals surface area contributed by atoms with Crippen LogP contribution < -0.4 is 10.2 Å². The third-order valence-electron chi connectivity index (χ3n) is 4.85. The summed E-state index contributed by atoms with van der Waals surface area (Å²) in [4.78, 5) is 27.9. The number of likely N-dealkylation sites (tertiary alicyclic amines) is 1. The zero-order chi connectivity index (χ0) is 17.3. The number of nitrogens with one attached hydrogen (secondary N) is 1. The minimum atomic E-state index is -0.707. The molecule has 0 aromatic heterocycles. The molecule has 3 N–H and O–H groups in total. The Morgan fingerprint density at radius 1 is 1.38 bits per heavy atom. The molecular formula is C17H23N3O4. The Hall–Kier alpha value is -2.12. The van der Waals surface area contributed by atoms with Crippen molar-refractivity contribution < 1.29 is 19.8 Å². The third-order valence-corrected chi connectivity index (χ3v) is 4.85. The van der Waals surface area contributed by atoms with Crippen LogP contribution in [0.25, 0.3) is 0 Å². The minimum Gasteiger partial charge on any atom is -0.396 e. The number of benzene rings is 1. The van der Waals surface area contributed by atoms with Gasteiger partial charge in [-0.3, -0.25) is 9.69 Å². The van der Waals surface area contributed by atoms with E-state index >= 15 is 0 Å². The number of aliphatic hydroxyl groups excluding tert-OH is 2. The topological polar surface area (TPSA) is 93.1 Å². The molecule has 2 aliphatic rings. The second-order valence-electron chi connectivity index (χ2n) is 6.43. The highest BCUT2D eigenvalue weighted by Crippen LogP contribution is 2.25. The summed E-state index contributed by atoms with van der Waals surface area (Å²) >= 11 is 0. The Bertz CT molecular complexity index is 649. The fourth-order valence-electron chi connectivity index (χ4n) is 3.29. The van der Waals surface area contributed by atoms with Crippen molar-refractivity contribution in [3.8, 4) is 0 Å². The van der Waals surface area contributed by atoms with E-state index in [1.54, 1.807) is 21.9 Å². The third kappa shape index (κ3) is 3.09. The van der Waals surface area contributed by atoms with Crippen molar-refractivity contribution in [3.05, 3.63) is 29.3 Å². The number of urea groups is 1. The lowest BCUT2D eigenvalue weighted by atomic mass is 9.94. The number of hydrogen-bond donors (Lipinski definition) is 3. The molecule has 0 bridgehead atoms. The number of aliphatic hydroxyl groups is 2. The molecule has 130 valence electrons. The average Bonchev–Trinajstić information content (AvgIpc) is 3.00. The molecule has 2 aliphatic heterocycles. The standard InChI is InChI=1S/C17H23N3O4/c1-11-2-3-12(8-14(11)20-7-5-18-17(20)24)16(23)19-6-4-13(10-21)15(22)9-19/h2-3,8,13,15,21-22H,4-7,9-10H2,1H3,(H,18,24)/t13-,15-/m1/s1. The highest BCUT2D eigenvalue weighted by atomic mass is 16.3. The van der Waals surface area contributed by atoms with E-state index in [2.05, 4.69) is 5.32 Å². The molecule has 0 aliphatic carbocycles. The maximum atomic E-state index is 12.7. The van der Waals surface area contributed by atoms with E-state index in [0.29, 0.717) is 31.6 Å². The quantitative estimate of drug-likeness (QED) is 0.744. The van der Waals surface area contributed by atoms with Crippen LogP contribution >= 0.6 is 0 Å². The van der Waals surface area contributed by atoms with Crippen molar-refractivity contribution in [3.63, 3.8) is 0 Å². The van der Waals surface area contributed by atoms with Gasteiger partial charge in [0.25, 0.3) is 5.91 Å². The van der Waals surface area contributed by atoms with Crippen molar-refractivity contribution in [2.45, 2.75) is 19.4 Å². The van der Waals surface area contributed by atoms with Crippen LogP contribution in [0.15, 0.2) is 18.2 Å². The lowest BCUT2D eigenvalue weighted by Crippen LogP contribution is -2.47. The SMILES string of the molecule is Cc1ccc(C(=O)N2CC[C@H](CO)[C@H](O)C2)cc1N1CCNC1=O. The van der Waals surface area contributed by atoms with Crippen LogP contribution in [0.5, 0.6) is 0 Å². The predicted molar refractivity (Wildman–Crippen MR) is 89.0 cm³/mol. The number of hydrogen-bond acceptors (Lipinski definition) is 4. The molecule has 0 radical (unpaired) electrons. The predicted octanol–water partition coefficient (Wildman–Crippen LogP) is 0.340. The van der Waals surface area contributed by atoms with Gasteiger partial charge in [0.15, 0.2) is 0 Å². The summed E-state index contributed by atoms with van der Waals surface area (Å²) in [6.45, 7) is 3.74. The lowest BCUT2D eigenvalue weighted by molar-refractivity contribution is 0.000879. The number of β-amino-alcohol motifs (C(OH)–C–C–N with tert-alkyl or cyclic N) is 1. The molecule has 3 amide bonds. The number of rotatable bonds is 3. The van der Waals surface area contributed by atoms with Gasteiger partial charge in [-0.2, -0.15) is 0 Å². The van der Waals surface area contributed by atoms with Gasteiger partial charge in [0.05, 0.1) is 6.10 Å². The zero-order valence-corrected chi connectivity index (χ0v) is 13.7. The molecule has 2 atom stereocenters. The Labute approximate surface area is 140 Å². The number of anilines is 1. The number of piperidine rings is 1. The molecule has 1 aromatic rings. The number of carbonyl (C=O) groups excluding carboxylic acids is 2. The summed E-state index contributed by atoms with van der Waals surface area (Å²) in [5.41, 5.74) is 2.18. The Balaban J connectivity index is 1.79. The maximum absolute atomic E-state index is 12.7. The van der Waals surface area contributed by atoms with Gasteiger partial charge in [-0.25, -0.2) is 4.79 Å². The molecule has 0 spiro atoms. The van der Waals surface area contributed by atoms with E-state index in [0.717, 1.165) is 11.3 Å². The highest BCUT2D eigenvalue weighted by molar-refractivity contribution is 5.99. The van der Waals surface area contributed by atoms with E-state index in [4.69, 9.17) is 0 Å². The van der Waals surface area contributed by atoms with Crippen LogP contribution in [0, 0.1) is 12.8 Å². The maximum Gasteiger partial charge on any atom is 0.322 e. The Kier molecular flexibility index (Phi) is 4.73. The zero-order valence-electron chi connectivity index (χ0n) is 13.7. The molecule has 2 heterocycles. The van der Waals surface area contributed by atoms with Crippen LogP contribution in [0.2, 0.25) is 0 Å². The first-order valence-electron chi connectivity index (χ1n) is 8.25. The summed E-state index contributed by atoms with van der Waals surface area (Å²) in [7, 11) is 0. The first-order valence-corrected chi connectivity index (χ1v) is 8.25. The first kappa shape index (κ1) is 16.7. The summed E-state index contributed by atoms with van der Waals surface area (Å²) < 4.78 is 0.